The maximum atomic E-state index is 11.7. The molecule has 2 aliphatic rings. The van der Waals surface area contributed by atoms with E-state index in [1.807, 2.05) is 0 Å². The standard InChI is InChI=1S/C15H24O9/c1-22-10(18)6-15(4-2-8(17)3-5-15)24-14-13(21)12(20)11(19)9(7-16)23-14/h9,11-14,16,19-21H,2-7H2,1H3. The molecule has 5 atom stereocenters. The van der Waals surface area contributed by atoms with Gasteiger partial charge < -0.3 is 34.6 Å². The Labute approximate surface area is 139 Å². The lowest BCUT2D eigenvalue weighted by molar-refractivity contribution is -0.329. The molecule has 4 N–H and O–H groups in total. The Balaban J connectivity index is 2.15. The van der Waals surface area contributed by atoms with Gasteiger partial charge in [-0.05, 0) is 12.8 Å². The summed E-state index contributed by atoms with van der Waals surface area (Å²) in [6.07, 6.45) is -6.28. The number of hydrogen-bond donors (Lipinski definition) is 4. The second kappa shape index (κ2) is 7.85. The largest absolute Gasteiger partial charge is 0.469 e. The van der Waals surface area contributed by atoms with Crippen LogP contribution in [-0.2, 0) is 23.8 Å². The van der Waals surface area contributed by atoms with Crippen LogP contribution >= 0.6 is 0 Å². The van der Waals surface area contributed by atoms with Crippen LogP contribution in [0.15, 0.2) is 0 Å². The highest BCUT2D eigenvalue weighted by Crippen LogP contribution is 2.37. The molecule has 9 nitrogen and oxygen atoms in total. The van der Waals surface area contributed by atoms with Gasteiger partial charge in [0.05, 0.1) is 25.7 Å². The third-order valence-corrected chi connectivity index (χ3v) is 4.63. The number of Topliss-reactive ketones (excluding diaryl/α,β-unsaturated/α-hetero) is 1. The molecule has 9 heteroatoms. The summed E-state index contributed by atoms with van der Waals surface area (Å²) in [4.78, 5) is 23.2. The topological polar surface area (TPSA) is 143 Å². The Morgan fingerprint density at radius 1 is 1.21 bits per heavy atom. The van der Waals surface area contributed by atoms with E-state index in [9.17, 15) is 30.0 Å². The maximum Gasteiger partial charge on any atom is 0.308 e. The monoisotopic (exact) mass is 348 g/mol. The van der Waals surface area contributed by atoms with Gasteiger partial charge in [-0.1, -0.05) is 0 Å². The molecule has 0 aromatic heterocycles. The SMILES string of the molecule is COC(=O)CC1(OC2OC(CO)C(O)C(O)C2O)CCC(=O)CC1. The van der Waals surface area contributed by atoms with Gasteiger partial charge in [-0.15, -0.1) is 0 Å². The Hall–Kier alpha value is -1.10. The summed E-state index contributed by atoms with van der Waals surface area (Å²) in [5, 5.41) is 38.9. The molecular weight excluding hydrogens is 324 g/mol. The highest BCUT2D eigenvalue weighted by molar-refractivity contribution is 5.80. The van der Waals surface area contributed by atoms with Gasteiger partial charge in [0.15, 0.2) is 6.29 Å². The van der Waals surface area contributed by atoms with Crippen LogP contribution < -0.4 is 0 Å². The Morgan fingerprint density at radius 2 is 1.83 bits per heavy atom. The first-order valence-corrected chi connectivity index (χ1v) is 7.89. The quantitative estimate of drug-likeness (QED) is 0.425. The van der Waals surface area contributed by atoms with Crippen molar-refractivity contribution in [2.24, 2.45) is 0 Å². The third kappa shape index (κ3) is 4.11. The average Bonchev–Trinajstić information content (AvgIpc) is 2.58. The Bertz CT molecular complexity index is 454. The molecule has 0 bridgehead atoms. The van der Waals surface area contributed by atoms with Crippen LogP contribution in [0, 0.1) is 0 Å². The first kappa shape index (κ1) is 19.2. The molecule has 0 radical (unpaired) electrons. The zero-order valence-electron chi connectivity index (χ0n) is 13.5. The van der Waals surface area contributed by atoms with Crippen molar-refractivity contribution in [3.05, 3.63) is 0 Å². The fourth-order valence-corrected chi connectivity index (χ4v) is 3.07. The van der Waals surface area contributed by atoms with Crippen LogP contribution in [0.4, 0.5) is 0 Å². The number of carbonyl (C=O) groups excluding carboxylic acids is 2. The highest BCUT2D eigenvalue weighted by atomic mass is 16.7. The van der Waals surface area contributed by atoms with E-state index in [4.69, 9.17) is 9.47 Å². The lowest BCUT2D eigenvalue weighted by Gasteiger charge is -2.45. The van der Waals surface area contributed by atoms with Crippen molar-refractivity contribution in [2.75, 3.05) is 13.7 Å². The minimum atomic E-state index is -1.57. The fourth-order valence-electron chi connectivity index (χ4n) is 3.07. The van der Waals surface area contributed by atoms with Crippen molar-refractivity contribution in [3.8, 4) is 0 Å². The van der Waals surface area contributed by atoms with Gasteiger partial charge in [0.25, 0.3) is 0 Å². The summed E-state index contributed by atoms with van der Waals surface area (Å²) in [5.74, 6) is -0.484. The minimum Gasteiger partial charge on any atom is -0.469 e. The predicted molar refractivity (Wildman–Crippen MR) is 77.7 cm³/mol. The molecule has 1 heterocycles. The summed E-state index contributed by atoms with van der Waals surface area (Å²) < 4.78 is 15.8. The van der Waals surface area contributed by atoms with E-state index in [2.05, 4.69) is 4.74 Å². The molecule has 2 fully saturated rings. The maximum absolute atomic E-state index is 11.7. The van der Waals surface area contributed by atoms with Crippen LogP contribution in [0.25, 0.3) is 0 Å². The average molecular weight is 348 g/mol. The number of esters is 1. The van der Waals surface area contributed by atoms with Crippen LogP contribution in [0.3, 0.4) is 0 Å². The summed E-state index contributed by atoms with van der Waals surface area (Å²) in [5.41, 5.74) is -1.07. The van der Waals surface area contributed by atoms with Gasteiger partial charge in [-0.3, -0.25) is 9.59 Å². The second-order valence-corrected chi connectivity index (χ2v) is 6.29. The number of aliphatic hydroxyl groups is 4. The van der Waals surface area contributed by atoms with E-state index in [1.54, 1.807) is 0 Å². The van der Waals surface area contributed by atoms with Gasteiger partial charge in [-0.25, -0.2) is 0 Å². The van der Waals surface area contributed by atoms with E-state index in [0.29, 0.717) is 0 Å². The van der Waals surface area contributed by atoms with Gasteiger partial charge in [-0.2, -0.15) is 0 Å². The Morgan fingerprint density at radius 3 is 2.38 bits per heavy atom. The smallest absolute Gasteiger partial charge is 0.308 e. The molecule has 1 aliphatic heterocycles. The number of aliphatic hydroxyl groups excluding tert-OH is 4. The minimum absolute atomic E-state index is 0.0490. The zero-order valence-corrected chi connectivity index (χ0v) is 13.5. The number of rotatable bonds is 5. The molecule has 24 heavy (non-hydrogen) atoms. The van der Waals surface area contributed by atoms with Crippen LogP contribution in [0.1, 0.15) is 32.1 Å². The molecular formula is C15H24O9. The second-order valence-electron chi connectivity index (χ2n) is 6.29. The summed E-state index contributed by atoms with van der Waals surface area (Å²) in [7, 11) is 1.23. The molecule has 1 aliphatic carbocycles. The van der Waals surface area contributed by atoms with Crippen molar-refractivity contribution in [1.82, 2.24) is 0 Å². The lowest BCUT2D eigenvalue weighted by atomic mass is 9.81. The molecule has 0 spiro atoms. The summed E-state index contributed by atoms with van der Waals surface area (Å²) >= 11 is 0. The van der Waals surface area contributed by atoms with Crippen molar-refractivity contribution in [2.45, 2.75) is 68.4 Å². The molecule has 138 valence electrons. The van der Waals surface area contributed by atoms with Crippen molar-refractivity contribution < 1.29 is 44.2 Å². The van der Waals surface area contributed by atoms with Crippen molar-refractivity contribution in [1.29, 1.82) is 0 Å². The molecule has 5 unspecified atom stereocenters. The molecule has 1 saturated carbocycles. The summed E-state index contributed by atoms with van der Waals surface area (Å²) in [6.45, 7) is -0.576. The van der Waals surface area contributed by atoms with E-state index in [-0.39, 0.29) is 37.9 Å². The normalized spacial score (nSPS) is 36.4. The molecule has 2 rings (SSSR count). The number of ether oxygens (including phenoxy) is 3. The van der Waals surface area contributed by atoms with Crippen molar-refractivity contribution in [3.63, 3.8) is 0 Å². The third-order valence-electron chi connectivity index (χ3n) is 4.63. The first-order valence-electron chi connectivity index (χ1n) is 7.89. The zero-order chi connectivity index (χ0) is 17.9. The predicted octanol–water partition coefficient (Wildman–Crippen LogP) is -1.75. The van der Waals surface area contributed by atoms with Crippen LogP contribution in [0.5, 0.6) is 0 Å². The van der Waals surface area contributed by atoms with E-state index in [1.165, 1.54) is 7.11 Å². The number of methoxy groups -OCH3 is 1. The molecule has 0 aromatic rings. The van der Waals surface area contributed by atoms with Crippen LogP contribution in [0.2, 0.25) is 0 Å². The van der Waals surface area contributed by atoms with Gasteiger partial charge in [0.2, 0.25) is 0 Å². The first-order chi connectivity index (χ1) is 11.3. The number of carbonyl (C=O) groups is 2. The van der Waals surface area contributed by atoms with E-state index >= 15 is 0 Å². The van der Waals surface area contributed by atoms with Gasteiger partial charge in [0, 0.05) is 12.8 Å². The highest BCUT2D eigenvalue weighted by Gasteiger charge is 2.48. The van der Waals surface area contributed by atoms with E-state index in [0.717, 1.165) is 0 Å². The number of ketones is 1. The number of hydrogen-bond acceptors (Lipinski definition) is 9. The fraction of sp³-hybridized carbons (Fsp3) is 0.867. The Kier molecular flexibility index (Phi) is 6.29. The van der Waals surface area contributed by atoms with Gasteiger partial charge >= 0.3 is 5.97 Å². The van der Waals surface area contributed by atoms with Gasteiger partial charge in [0.1, 0.15) is 30.2 Å². The van der Waals surface area contributed by atoms with Crippen LogP contribution in [-0.4, -0.2) is 82.2 Å². The molecule has 1 saturated heterocycles. The lowest BCUT2D eigenvalue weighted by Crippen LogP contribution is -2.61. The summed E-state index contributed by atoms with van der Waals surface area (Å²) in [6, 6.07) is 0. The molecule has 0 amide bonds. The molecule has 0 aromatic carbocycles. The van der Waals surface area contributed by atoms with Crippen molar-refractivity contribution >= 4 is 11.8 Å². The van der Waals surface area contributed by atoms with E-state index < -0.39 is 48.9 Å².